The molecule has 0 spiro atoms. The van der Waals surface area contributed by atoms with Crippen molar-refractivity contribution in [1.29, 1.82) is 0 Å². The Morgan fingerprint density at radius 3 is 2.35 bits per heavy atom. The lowest BCUT2D eigenvalue weighted by molar-refractivity contribution is -0.128. The van der Waals surface area contributed by atoms with Gasteiger partial charge in [-0.05, 0) is 56.0 Å². The average Bonchev–Trinajstić information content (AvgIpc) is 2.49. The normalized spacial score (nSPS) is 11.8. The van der Waals surface area contributed by atoms with E-state index in [0.717, 1.165) is 22.4 Å². The Labute approximate surface area is 138 Å². The van der Waals surface area contributed by atoms with Gasteiger partial charge in [0, 0.05) is 6.54 Å². The molecule has 0 unspecified atom stereocenters. The number of benzene rings is 2. The van der Waals surface area contributed by atoms with Gasteiger partial charge in [-0.25, -0.2) is 0 Å². The van der Waals surface area contributed by atoms with E-state index in [0.29, 0.717) is 13.0 Å². The molecular weight excluding hydrogens is 286 g/mol. The van der Waals surface area contributed by atoms with E-state index in [2.05, 4.69) is 17.4 Å². The topological polar surface area (TPSA) is 38.3 Å². The van der Waals surface area contributed by atoms with Crippen molar-refractivity contribution in [3.8, 4) is 5.75 Å². The molecule has 0 aliphatic heterocycles. The van der Waals surface area contributed by atoms with Gasteiger partial charge in [-0.2, -0.15) is 0 Å². The van der Waals surface area contributed by atoms with Gasteiger partial charge in [0.15, 0.2) is 6.10 Å². The fraction of sp³-hybridized carbons (Fsp3) is 0.350. The smallest absolute Gasteiger partial charge is 0.261 e. The Hall–Kier alpha value is -2.29. The van der Waals surface area contributed by atoms with Crippen LogP contribution in [0.2, 0.25) is 0 Å². The van der Waals surface area contributed by atoms with Crippen molar-refractivity contribution >= 4 is 5.91 Å². The molecule has 0 aromatic heterocycles. The lowest BCUT2D eigenvalue weighted by atomic mass is 10.1. The maximum absolute atomic E-state index is 12.4. The van der Waals surface area contributed by atoms with Crippen LogP contribution in [0.15, 0.2) is 42.5 Å². The number of aryl methyl sites for hydroxylation is 3. The first-order valence-corrected chi connectivity index (χ1v) is 8.06. The molecule has 0 saturated heterocycles. The van der Waals surface area contributed by atoms with Gasteiger partial charge in [-0.3, -0.25) is 4.79 Å². The molecule has 23 heavy (non-hydrogen) atoms. The largest absolute Gasteiger partial charge is 0.481 e. The monoisotopic (exact) mass is 311 g/mol. The highest BCUT2D eigenvalue weighted by atomic mass is 16.5. The summed E-state index contributed by atoms with van der Waals surface area (Å²) in [5.74, 6) is 0.674. The molecular formula is C20H25NO2. The molecule has 1 atom stereocenters. The third-order valence-electron chi connectivity index (χ3n) is 3.69. The summed E-state index contributed by atoms with van der Waals surface area (Å²) in [4.78, 5) is 12.4. The molecule has 0 saturated carbocycles. The molecule has 1 amide bonds. The van der Waals surface area contributed by atoms with Gasteiger partial charge in [0.2, 0.25) is 0 Å². The molecule has 3 nitrogen and oxygen atoms in total. The summed E-state index contributed by atoms with van der Waals surface area (Å²) in [6, 6.07) is 14.1. The summed E-state index contributed by atoms with van der Waals surface area (Å²) in [6.07, 6.45) is 0.160. The van der Waals surface area contributed by atoms with Crippen molar-refractivity contribution in [3.63, 3.8) is 0 Å². The lowest BCUT2D eigenvalue weighted by Gasteiger charge is -2.18. The SMILES string of the molecule is CC[C@H](Oc1cc(C)cc(C)c1)C(=O)NCc1cccc(C)c1. The van der Waals surface area contributed by atoms with Crippen LogP contribution in [-0.4, -0.2) is 12.0 Å². The summed E-state index contributed by atoms with van der Waals surface area (Å²) in [6.45, 7) is 8.58. The van der Waals surface area contributed by atoms with E-state index in [4.69, 9.17) is 4.74 Å². The van der Waals surface area contributed by atoms with E-state index in [1.165, 1.54) is 5.56 Å². The van der Waals surface area contributed by atoms with Crippen molar-refractivity contribution in [3.05, 3.63) is 64.7 Å². The predicted molar refractivity (Wildman–Crippen MR) is 93.6 cm³/mol. The van der Waals surface area contributed by atoms with Gasteiger partial charge >= 0.3 is 0 Å². The van der Waals surface area contributed by atoms with Gasteiger partial charge in [0.1, 0.15) is 5.75 Å². The Bertz CT molecular complexity index is 659. The average molecular weight is 311 g/mol. The standard InChI is InChI=1S/C20H25NO2/c1-5-19(23-18-11-15(3)9-16(4)12-18)20(22)21-13-17-8-6-7-14(2)10-17/h6-12,19H,5,13H2,1-4H3,(H,21,22)/t19-/m0/s1. The first-order chi connectivity index (χ1) is 11.0. The number of amides is 1. The van der Waals surface area contributed by atoms with E-state index in [1.807, 2.05) is 58.0 Å². The maximum atomic E-state index is 12.4. The highest BCUT2D eigenvalue weighted by molar-refractivity contribution is 5.81. The first kappa shape index (κ1) is 17.1. The van der Waals surface area contributed by atoms with Crippen molar-refractivity contribution in [2.24, 2.45) is 0 Å². The van der Waals surface area contributed by atoms with Crippen LogP contribution in [0, 0.1) is 20.8 Å². The van der Waals surface area contributed by atoms with Gasteiger partial charge < -0.3 is 10.1 Å². The summed E-state index contributed by atoms with van der Waals surface area (Å²) < 4.78 is 5.89. The minimum atomic E-state index is -0.471. The molecule has 2 aromatic carbocycles. The number of nitrogens with one attached hydrogen (secondary N) is 1. The Balaban J connectivity index is 1.98. The van der Waals surface area contributed by atoms with Gasteiger partial charge in [0.25, 0.3) is 5.91 Å². The molecule has 0 bridgehead atoms. The van der Waals surface area contributed by atoms with Gasteiger partial charge in [-0.15, -0.1) is 0 Å². The summed E-state index contributed by atoms with van der Waals surface area (Å²) in [5.41, 5.74) is 4.56. The van der Waals surface area contributed by atoms with Crippen LogP contribution in [0.4, 0.5) is 0 Å². The second-order valence-corrected chi connectivity index (χ2v) is 6.05. The molecule has 122 valence electrons. The molecule has 1 N–H and O–H groups in total. The summed E-state index contributed by atoms with van der Waals surface area (Å²) in [5, 5.41) is 2.96. The van der Waals surface area contributed by atoms with E-state index in [1.54, 1.807) is 0 Å². The highest BCUT2D eigenvalue weighted by Gasteiger charge is 2.18. The van der Waals surface area contributed by atoms with Gasteiger partial charge in [-0.1, -0.05) is 42.8 Å². The van der Waals surface area contributed by atoms with Crippen LogP contribution in [0.25, 0.3) is 0 Å². The van der Waals surface area contributed by atoms with Crippen LogP contribution >= 0.6 is 0 Å². The van der Waals surface area contributed by atoms with Crippen LogP contribution in [-0.2, 0) is 11.3 Å². The van der Waals surface area contributed by atoms with Crippen molar-refractivity contribution < 1.29 is 9.53 Å². The molecule has 0 heterocycles. The van der Waals surface area contributed by atoms with E-state index < -0.39 is 6.10 Å². The van der Waals surface area contributed by atoms with E-state index in [9.17, 15) is 4.79 Å². The predicted octanol–water partition coefficient (Wildman–Crippen LogP) is 4.09. The number of carbonyl (C=O) groups excluding carboxylic acids is 1. The van der Waals surface area contributed by atoms with Crippen LogP contribution < -0.4 is 10.1 Å². The zero-order chi connectivity index (χ0) is 16.8. The molecule has 2 rings (SSSR count). The summed E-state index contributed by atoms with van der Waals surface area (Å²) >= 11 is 0. The zero-order valence-corrected chi connectivity index (χ0v) is 14.3. The molecule has 0 aliphatic carbocycles. The Morgan fingerprint density at radius 2 is 1.74 bits per heavy atom. The zero-order valence-electron chi connectivity index (χ0n) is 14.3. The fourth-order valence-electron chi connectivity index (χ4n) is 2.61. The maximum Gasteiger partial charge on any atom is 0.261 e. The van der Waals surface area contributed by atoms with Crippen molar-refractivity contribution in [2.75, 3.05) is 0 Å². The molecule has 2 aromatic rings. The Kier molecular flexibility index (Phi) is 5.80. The molecule has 0 radical (unpaired) electrons. The second kappa shape index (κ2) is 7.82. The molecule has 0 aliphatic rings. The van der Waals surface area contributed by atoms with Crippen molar-refractivity contribution in [2.45, 2.75) is 46.8 Å². The number of hydrogen-bond donors (Lipinski definition) is 1. The van der Waals surface area contributed by atoms with Crippen molar-refractivity contribution in [1.82, 2.24) is 5.32 Å². The van der Waals surface area contributed by atoms with Crippen LogP contribution in [0.1, 0.15) is 35.6 Å². The number of carbonyl (C=O) groups is 1. The lowest BCUT2D eigenvalue weighted by Crippen LogP contribution is -2.37. The third-order valence-corrected chi connectivity index (χ3v) is 3.69. The van der Waals surface area contributed by atoms with E-state index in [-0.39, 0.29) is 5.91 Å². The number of ether oxygens (including phenoxy) is 1. The van der Waals surface area contributed by atoms with Crippen LogP contribution in [0.3, 0.4) is 0 Å². The van der Waals surface area contributed by atoms with Crippen LogP contribution in [0.5, 0.6) is 5.75 Å². The minimum absolute atomic E-state index is 0.0758. The number of hydrogen-bond acceptors (Lipinski definition) is 2. The van der Waals surface area contributed by atoms with Gasteiger partial charge in [0.05, 0.1) is 0 Å². The molecule has 3 heteroatoms. The second-order valence-electron chi connectivity index (χ2n) is 6.05. The fourth-order valence-corrected chi connectivity index (χ4v) is 2.61. The van der Waals surface area contributed by atoms with E-state index >= 15 is 0 Å². The third kappa shape index (κ3) is 5.13. The first-order valence-electron chi connectivity index (χ1n) is 8.06. The molecule has 0 fully saturated rings. The quantitative estimate of drug-likeness (QED) is 0.872. The summed E-state index contributed by atoms with van der Waals surface area (Å²) in [7, 11) is 0. The highest BCUT2D eigenvalue weighted by Crippen LogP contribution is 2.18. The Morgan fingerprint density at radius 1 is 1.04 bits per heavy atom. The number of rotatable bonds is 6. The minimum Gasteiger partial charge on any atom is -0.481 e.